The van der Waals surface area contributed by atoms with Crippen LogP contribution in [-0.4, -0.2) is 55.9 Å². The van der Waals surface area contributed by atoms with Crippen LogP contribution in [0.4, 0.5) is 8.78 Å². The molecule has 1 aliphatic heterocycles. The van der Waals surface area contributed by atoms with E-state index in [9.17, 15) is 17.2 Å². The fourth-order valence-electron chi connectivity index (χ4n) is 3.44. The standard InChI is InChI=1S/C21H21F2N3O3S2/c1-29-18-4-2-3-15(11-18)21-24-17(14-30-21)13-25-7-9-26(10-8-25)31(27,28)20-12-16(22)5-6-19(20)23/h2-6,11-12,14H,7-10,13H2,1H3. The number of piperazine rings is 1. The molecule has 0 aliphatic carbocycles. The maximum Gasteiger partial charge on any atom is 0.246 e. The Morgan fingerprint density at radius 3 is 2.61 bits per heavy atom. The fourth-order valence-corrected chi connectivity index (χ4v) is 5.75. The molecule has 0 unspecified atom stereocenters. The highest BCUT2D eigenvalue weighted by Crippen LogP contribution is 2.28. The van der Waals surface area contributed by atoms with Crippen molar-refractivity contribution in [2.75, 3.05) is 33.3 Å². The topological polar surface area (TPSA) is 62.7 Å². The molecular weight excluding hydrogens is 444 g/mol. The minimum Gasteiger partial charge on any atom is -0.497 e. The molecular formula is C21H21F2N3O3S2. The number of hydrogen-bond donors (Lipinski definition) is 0. The first-order chi connectivity index (χ1) is 14.9. The van der Waals surface area contributed by atoms with Crippen molar-refractivity contribution in [2.24, 2.45) is 0 Å². The van der Waals surface area contributed by atoms with E-state index in [0.29, 0.717) is 19.6 Å². The Hall–Kier alpha value is -2.40. The minimum absolute atomic E-state index is 0.200. The third-order valence-corrected chi connectivity index (χ3v) is 7.95. The zero-order valence-electron chi connectivity index (χ0n) is 16.8. The highest BCUT2D eigenvalue weighted by Gasteiger charge is 2.31. The van der Waals surface area contributed by atoms with E-state index in [1.165, 1.54) is 15.6 Å². The summed E-state index contributed by atoms with van der Waals surface area (Å²) >= 11 is 1.54. The van der Waals surface area contributed by atoms with Crippen LogP contribution in [0.2, 0.25) is 0 Å². The van der Waals surface area contributed by atoms with Gasteiger partial charge in [0.1, 0.15) is 27.3 Å². The molecule has 2 heterocycles. The summed E-state index contributed by atoms with van der Waals surface area (Å²) in [6, 6.07) is 10.2. The van der Waals surface area contributed by atoms with Crippen LogP contribution in [0.5, 0.6) is 5.75 Å². The molecule has 0 radical (unpaired) electrons. The average molecular weight is 466 g/mol. The van der Waals surface area contributed by atoms with E-state index in [1.807, 2.05) is 29.6 Å². The van der Waals surface area contributed by atoms with Gasteiger partial charge in [0.05, 0.1) is 12.8 Å². The van der Waals surface area contributed by atoms with Gasteiger partial charge in [0.2, 0.25) is 10.0 Å². The number of sulfonamides is 1. The smallest absolute Gasteiger partial charge is 0.246 e. The van der Waals surface area contributed by atoms with E-state index >= 15 is 0 Å². The average Bonchev–Trinajstić information content (AvgIpc) is 3.24. The molecule has 0 saturated carbocycles. The first-order valence-corrected chi connectivity index (χ1v) is 11.9. The van der Waals surface area contributed by atoms with Gasteiger partial charge in [0, 0.05) is 43.7 Å². The van der Waals surface area contributed by atoms with Gasteiger partial charge >= 0.3 is 0 Å². The predicted molar refractivity (Wildman–Crippen MR) is 114 cm³/mol. The predicted octanol–water partition coefficient (Wildman–Crippen LogP) is 3.60. The van der Waals surface area contributed by atoms with Gasteiger partial charge in [0.25, 0.3) is 0 Å². The van der Waals surface area contributed by atoms with E-state index < -0.39 is 26.6 Å². The second-order valence-corrected chi connectivity index (χ2v) is 9.90. The monoisotopic (exact) mass is 465 g/mol. The highest BCUT2D eigenvalue weighted by molar-refractivity contribution is 7.89. The Morgan fingerprint density at radius 2 is 1.87 bits per heavy atom. The first kappa shape index (κ1) is 21.8. The number of hydrogen-bond acceptors (Lipinski definition) is 6. The van der Waals surface area contributed by atoms with Crippen molar-refractivity contribution in [3.63, 3.8) is 0 Å². The second kappa shape index (κ2) is 8.99. The molecule has 2 aromatic carbocycles. The van der Waals surface area contributed by atoms with Crippen molar-refractivity contribution in [1.29, 1.82) is 0 Å². The van der Waals surface area contributed by atoms with E-state index in [-0.39, 0.29) is 13.1 Å². The number of benzene rings is 2. The van der Waals surface area contributed by atoms with Gasteiger partial charge in [-0.3, -0.25) is 4.90 Å². The van der Waals surface area contributed by atoms with Gasteiger partial charge in [0.15, 0.2) is 0 Å². The first-order valence-electron chi connectivity index (χ1n) is 9.63. The number of methoxy groups -OCH3 is 1. The van der Waals surface area contributed by atoms with Crippen LogP contribution in [0.25, 0.3) is 10.6 Å². The zero-order valence-corrected chi connectivity index (χ0v) is 18.4. The summed E-state index contributed by atoms with van der Waals surface area (Å²) in [6.07, 6.45) is 0. The molecule has 0 amide bonds. The van der Waals surface area contributed by atoms with Crippen LogP contribution in [-0.2, 0) is 16.6 Å². The molecule has 1 aromatic heterocycles. The second-order valence-electron chi connectivity index (χ2n) is 7.13. The number of rotatable bonds is 6. The normalized spacial score (nSPS) is 15.8. The van der Waals surface area contributed by atoms with Gasteiger partial charge in [-0.05, 0) is 30.3 Å². The fraction of sp³-hybridized carbons (Fsp3) is 0.286. The lowest BCUT2D eigenvalue weighted by Crippen LogP contribution is -2.48. The Balaban J connectivity index is 1.40. The molecule has 164 valence electrons. The lowest BCUT2D eigenvalue weighted by molar-refractivity contribution is 0.180. The van der Waals surface area contributed by atoms with Crippen molar-refractivity contribution in [3.05, 3.63) is 65.2 Å². The van der Waals surface area contributed by atoms with Gasteiger partial charge in [-0.25, -0.2) is 22.2 Å². The molecule has 0 atom stereocenters. The van der Waals surface area contributed by atoms with E-state index in [0.717, 1.165) is 40.2 Å². The van der Waals surface area contributed by atoms with Gasteiger partial charge in [-0.2, -0.15) is 4.31 Å². The molecule has 0 spiro atoms. The molecule has 6 nitrogen and oxygen atoms in total. The number of nitrogens with zero attached hydrogens (tertiary/aromatic N) is 3. The quantitative estimate of drug-likeness (QED) is 0.557. The van der Waals surface area contributed by atoms with Crippen molar-refractivity contribution in [3.8, 4) is 16.3 Å². The molecule has 0 N–H and O–H groups in total. The van der Waals surface area contributed by atoms with Crippen molar-refractivity contribution >= 4 is 21.4 Å². The summed E-state index contributed by atoms with van der Waals surface area (Å²) in [4.78, 5) is 6.16. The molecule has 1 aliphatic rings. The van der Waals surface area contributed by atoms with E-state index in [1.54, 1.807) is 7.11 Å². The Bertz CT molecular complexity index is 1180. The van der Waals surface area contributed by atoms with Gasteiger partial charge in [-0.15, -0.1) is 11.3 Å². The summed E-state index contributed by atoms with van der Waals surface area (Å²) in [6.45, 7) is 1.93. The molecule has 1 fully saturated rings. The van der Waals surface area contributed by atoms with Crippen molar-refractivity contribution < 1.29 is 21.9 Å². The molecule has 0 bridgehead atoms. The van der Waals surface area contributed by atoms with Crippen LogP contribution in [0.1, 0.15) is 5.69 Å². The van der Waals surface area contributed by atoms with Gasteiger partial charge in [-0.1, -0.05) is 12.1 Å². The summed E-state index contributed by atoms with van der Waals surface area (Å²) < 4.78 is 59.3. The molecule has 3 aromatic rings. The van der Waals surface area contributed by atoms with Crippen LogP contribution < -0.4 is 4.74 Å². The Morgan fingerprint density at radius 1 is 1.10 bits per heavy atom. The Labute approximate surface area is 183 Å². The van der Waals surface area contributed by atoms with E-state index in [4.69, 9.17) is 4.74 Å². The maximum absolute atomic E-state index is 14.0. The van der Waals surface area contributed by atoms with Crippen molar-refractivity contribution in [1.82, 2.24) is 14.2 Å². The van der Waals surface area contributed by atoms with E-state index in [2.05, 4.69) is 9.88 Å². The third kappa shape index (κ3) is 4.77. The number of thiazole rings is 1. The Kier molecular flexibility index (Phi) is 6.33. The zero-order chi connectivity index (χ0) is 22.0. The maximum atomic E-state index is 14.0. The van der Waals surface area contributed by atoms with Crippen LogP contribution in [0.15, 0.2) is 52.7 Å². The van der Waals surface area contributed by atoms with Crippen molar-refractivity contribution in [2.45, 2.75) is 11.4 Å². The van der Waals surface area contributed by atoms with Crippen LogP contribution in [0.3, 0.4) is 0 Å². The molecule has 10 heteroatoms. The summed E-state index contributed by atoms with van der Waals surface area (Å²) in [5.41, 5.74) is 1.87. The number of halogens is 2. The molecule has 31 heavy (non-hydrogen) atoms. The molecule has 1 saturated heterocycles. The molecule has 4 rings (SSSR count). The SMILES string of the molecule is COc1cccc(-c2nc(CN3CCN(S(=O)(=O)c4cc(F)ccc4F)CC3)cs2)c1. The van der Waals surface area contributed by atoms with Gasteiger partial charge < -0.3 is 4.74 Å². The number of aromatic nitrogens is 1. The lowest BCUT2D eigenvalue weighted by atomic mass is 10.2. The summed E-state index contributed by atoms with van der Waals surface area (Å²) in [5.74, 6) is -0.966. The van der Waals surface area contributed by atoms with Crippen LogP contribution in [0, 0.1) is 11.6 Å². The largest absolute Gasteiger partial charge is 0.497 e. The summed E-state index contributed by atoms with van der Waals surface area (Å²) in [5, 5.41) is 2.87. The van der Waals surface area contributed by atoms with Crippen LogP contribution >= 0.6 is 11.3 Å². The third-order valence-electron chi connectivity index (χ3n) is 5.10. The number of ether oxygens (including phenoxy) is 1. The summed E-state index contributed by atoms with van der Waals surface area (Å²) in [7, 11) is -2.46. The lowest BCUT2D eigenvalue weighted by Gasteiger charge is -2.33. The highest BCUT2D eigenvalue weighted by atomic mass is 32.2. The minimum atomic E-state index is -4.08.